The van der Waals surface area contributed by atoms with E-state index in [0.717, 1.165) is 6.07 Å². The third-order valence-electron chi connectivity index (χ3n) is 1.79. The lowest BCUT2D eigenvalue weighted by Crippen LogP contribution is -2.12. The smallest absolute Gasteiger partial charge is 0.337 e. The van der Waals surface area contributed by atoms with E-state index in [2.05, 4.69) is 4.98 Å². The first kappa shape index (κ1) is 11.3. The second kappa shape index (κ2) is 4.18. The molecule has 0 spiro atoms. The Morgan fingerprint density at radius 3 is 2.60 bits per heavy atom. The van der Waals surface area contributed by atoms with Gasteiger partial charge < -0.3 is 16.6 Å². The molecule has 0 atom stereocenters. The fourth-order valence-electron chi connectivity index (χ4n) is 1.08. The molecule has 0 saturated carbocycles. The lowest BCUT2D eigenvalue weighted by molar-refractivity contribution is 0.0697. The maximum atomic E-state index is 12.4. The lowest BCUT2D eigenvalue weighted by atomic mass is 10.1. The van der Waals surface area contributed by atoms with Gasteiger partial charge in [0.2, 0.25) is 0 Å². The van der Waals surface area contributed by atoms with Gasteiger partial charge in [0.1, 0.15) is 5.69 Å². The molecular weight excluding hydrogens is 208 g/mol. The summed E-state index contributed by atoms with van der Waals surface area (Å²) in [6, 6.07) is 1.09. The Morgan fingerprint density at radius 1 is 1.60 bits per heavy atom. The van der Waals surface area contributed by atoms with Crippen molar-refractivity contribution in [2.45, 2.75) is 13.0 Å². The fourth-order valence-corrected chi connectivity index (χ4v) is 1.08. The zero-order valence-electron chi connectivity index (χ0n) is 7.58. The van der Waals surface area contributed by atoms with E-state index >= 15 is 0 Å². The molecule has 0 aliphatic carbocycles. The summed E-state index contributed by atoms with van der Waals surface area (Å²) in [5, 5.41) is 8.70. The number of nitrogen functional groups attached to an aromatic ring is 1. The van der Waals surface area contributed by atoms with Crippen LogP contribution in [0.2, 0.25) is 0 Å². The van der Waals surface area contributed by atoms with Crippen molar-refractivity contribution in [3.63, 3.8) is 0 Å². The van der Waals surface area contributed by atoms with Crippen LogP contribution in [0.1, 0.15) is 28.2 Å². The molecule has 0 saturated heterocycles. The molecule has 0 aliphatic rings. The van der Waals surface area contributed by atoms with Crippen molar-refractivity contribution in [2.24, 2.45) is 5.73 Å². The number of aromatic carboxylic acids is 1. The molecule has 5 nitrogen and oxygen atoms in total. The van der Waals surface area contributed by atoms with Crippen LogP contribution in [0.15, 0.2) is 6.07 Å². The van der Waals surface area contributed by atoms with Gasteiger partial charge in [-0.15, -0.1) is 0 Å². The molecule has 5 N–H and O–H groups in total. The minimum Gasteiger partial charge on any atom is -0.478 e. The van der Waals surface area contributed by atoms with Crippen molar-refractivity contribution in [3.8, 4) is 0 Å². The highest BCUT2D eigenvalue weighted by atomic mass is 19.3. The summed E-state index contributed by atoms with van der Waals surface area (Å²) in [5.41, 5.74) is 8.85. The van der Waals surface area contributed by atoms with Gasteiger partial charge in [-0.1, -0.05) is 0 Å². The second-order valence-electron chi connectivity index (χ2n) is 2.77. The minimum absolute atomic E-state index is 0.0666. The van der Waals surface area contributed by atoms with Crippen molar-refractivity contribution < 1.29 is 18.7 Å². The van der Waals surface area contributed by atoms with E-state index in [0.29, 0.717) is 0 Å². The Morgan fingerprint density at radius 2 is 2.20 bits per heavy atom. The van der Waals surface area contributed by atoms with Crippen LogP contribution in [0.5, 0.6) is 0 Å². The number of pyridine rings is 1. The molecule has 15 heavy (non-hydrogen) atoms. The van der Waals surface area contributed by atoms with E-state index in [4.69, 9.17) is 16.6 Å². The third kappa shape index (κ3) is 2.18. The largest absolute Gasteiger partial charge is 0.478 e. The Kier molecular flexibility index (Phi) is 3.15. The zero-order valence-corrected chi connectivity index (χ0v) is 7.58. The molecule has 1 rings (SSSR count). The third-order valence-corrected chi connectivity index (χ3v) is 1.79. The monoisotopic (exact) mass is 217 g/mol. The number of hydrogen-bond donors (Lipinski definition) is 3. The number of carboxylic acid groups (broad SMARTS) is 1. The minimum atomic E-state index is -2.92. The standard InChI is InChI=1S/C8H9F2N3O2/c9-7(10)6-5(12)4(8(14)15)1-3(2-11)13-6/h1,7H,2,11-12H2,(H,14,15). The SMILES string of the molecule is NCc1cc(C(=O)O)c(N)c(C(F)F)n1. The maximum absolute atomic E-state index is 12.4. The highest BCUT2D eigenvalue weighted by molar-refractivity contribution is 5.94. The quantitative estimate of drug-likeness (QED) is 0.693. The van der Waals surface area contributed by atoms with Crippen LogP contribution in [-0.4, -0.2) is 16.1 Å². The Balaban J connectivity index is 3.40. The number of carbonyl (C=O) groups is 1. The summed E-state index contributed by atoms with van der Waals surface area (Å²) in [6.07, 6.45) is -2.92. The lowest BCUT2D eigenvalue weighted by Gasteiger charge is -2.09. The molecule has 0 fully saturated rings. The van der Waals surface area contributed by atoms with Gasteiger partial charge in [0.15, 0.2) is 0 Å². The molecule has 1 aromatic rings. The average Bonchev–Trinajstić information content (AvgIpc) is 2.17. The molecule has 0 bridgehead atoms. The van der Waals surface area contributed by atoms with E-state index in [1.54, 1.807) is 0 Å². The molecule has 0 aromatic carbocycles. The molecule has 0 amide bonds. The number of nitrogens with two attached hydrogens (primary N) is 2. The van der Waals surface area contributed by atoms with E-state index in [9.17, 15) is 13.6 Å². The van der Waals surface area contributed by atoms with Gasteiger partial charge in [-0.2, -0.15) is 0 Å². The number of rotatable bonds is 3. The molecular formula is C8H9F2N3O2. The number of anilines is 1. The van der Waals surface area contributed by atoms with E-state index in [1.165, 1.54) is 0 Å². The first-order valence-electron chi connectivity index (χ1n) is 3.98. The van der Waals surface area contributed by atoms with E-state index < -0.39 is 29.3 Å². The predicted molar refractivity (Wildman–Crippen MR) is 48.5 cm³/mol. The molecule has 0 unspecified atom stereocenters. The highest BCUT2D eigenvalue weighted by Crippen LogP contribution is 2.26. The summed E-state index contributed by atoms with van der Waals surface area (Å²) in [4.78, 5) is 14.1. The van der Waals surface area contributed by atoms with Crippen LogP contribution in [0, 0.1) is 0 Å². The number of carboxylic acids is 1. The van der Waals surface area contributed by atoms with Gasteiger partial charge in [0.25, 0.3) is 6.43 Å². The highest BCUT2D eigenvalue weighted by Gasteiger charge is 2.20. The van der Waals surface area contributed by atoms with Crippen molar-refractivity contribution >= 4 is 11.7 Å². The van der Waals surface area contributed by atoms with Crippen molar-refractivity contribution in [1.82, 2.24) is 4.98 Å². The summed E-state index contributed by atoms with van der Waals surface area (Å²) < 4.78 is 24.8. The van der Waals surface area contributed by atoms with Gasteiger partial charge in [0, 0.05) is 6.54 Å². The van der Waals surface area contributed by atoms with Crippen molar-refractivity contribution in [1.29, 1.82) is 0 Å². The van der Waals surface area contributed by atoms with Crippen LogP contribution in [-0.2, 0) is 6.54 Å². The summed E-state index contributed by atoms with van der Waals surface area (Å²) >= 11 is 0. The summed E-state index contributed by atoms with van der Waals surface area (Å²) in [6.45, 7) is -0.125. The number of aromatic nitrogens is 1. The maximum Gasteiger partial charge on any atom is 0.337 e. The Labute approximate surface area is 83.7 Å². The number of hydrogen-bond acceptors (Lipinski definition) is 4. The van der Waals surface area contributed by atoms with Gasteiger partial charge in [0.05, 0.1) is 16.9 Å². The topological polar surface area (TPSA) is 102 Å². The Hall–Kier alpha value is -1.76. The van der Waals surface area contributed by atoms with Gasteiger partial charge in [-0.25, -0.2) is 18.6 Å². The molecule has 1 aromatic heterocycles. The molecule has 0 aliphatic heterocycles. The first-order chi connectivity index (χ1) is 6.97. The van der Waals surface area contributed by atoms with Crippen LogP contribution in [0.4, 0.5) is 14.5 Å². The normalized spacial score (nSPS) is 10.7. The Bertz CT molecular complexity index is 396. The first-order valence-corrected chi connectivity index (χ1v) is 3.98. The number of nitrogens with zero attached hydrogens (tertiary/aromatic N) is 1. The van der Waals surface area contributed by atoms with Crippen LogP contribution in [0.25, 0.3) is 0 Å². The van der Waals surface area contributed by atoms with E-state index in [1.807, 2.05) is 0 Å². The van der Waals surface area contributed by atoms with Crippen LogP contribution < -0.4 is 11.5 Å². The van der Waals surface area contributed by atoms with Crippen molar-refractivity contribution in [3.05, 3.63) is 23.0 Å². The van der Waals surface area contributed by atoms with Gasteiger partial charge in [-0.3, -0.25) is 0 Å². The van der Waals surface area contributed by atoms with Gasteiger partial charge >= 0.3 is 5.97 Å². The average molecular weight is 217 g/mol. The number of alkyl halides is 2. The molecule has 82 valence electrons. The van der Waals surface area contributed by atoms with Gasteiger partial charge in [-0.05, 0) is 6.07 Å². The van der Waals surface area contributed by atoms with Crippen LogP contribution in [0.3, 0.4) is 0 Å². The fraction of sp³-hybridized carbons (Fsp3) is 0.250. The summed E-state index contributed by atoms with van der Waals surface area (Å²) in [7, 11) is 0. The molecule has 7 heteroatoms. The number of halogens is 2. The zero-order chi connectivity index (χ0) is 11.6. The van der Waals surface area contributed by atoms with E-state index in [-0.39, 0.29) is 12.2 Å². The molecule has 0 radical (unpaired) electrons. The summed E-state index contributed by atoms with van der Waals surface area (Å²) in [5.74, 6) is -1.38. The second-order valence-corrected chi connectivity index (χ2v) is 2.77. The predicted octanol–water partition coefficient (Wildman–Crippen LogP) is 0.758. The van der Waals surface area contributed by atoms with Crippen LogP contribution >= 0.6 is 0 Å². The van der Waals surface area contributed by atoms with Crippen molar-refractivity contribution in [2.75, 3.05) is 5.73 Å². The molecule has 1 heterocycles.